The average Bonchev–Trinajstić information content (AvgIpc) is 2.44. The first-order valence-corrected chi connectivity index (χ1v) is 7.38. The third kappa shape index (κ3) is 4.99. The third-order valence-corrected chi connectivity index (χ3v) is 3.16. The number of aryl methyl sites for hydroxylation is 1. The van der Waals surface area contributed by atoms with Crippen molar-refractivity contribution in [3.63, 3.8) is 0 Å². The molecule has 0 aliphatic rings. The largest absolute Gasteiger partial charge is 0.423 e. The van der Waals surface area contributed by atoms with E-state index in [1.165, 1.54) is 0 Å². The van der Waals surface area contributed by atoms with Crippen molar-refractivity contribution < 1.29 is 4.74 Å². The molecule has 0 aliphatic carbocycles. The van der Waals surface area contributed by atoms with Gasteiger partial charge < -0.3 is 10.1 Å². The van der Waals surface area contributed by atoms with E-state index in [1.54, 1.807) is 18.5 Å². The fourth-order valence-corrected chi connectivity index (χ4v) is 1.94. The van der Waals surface area contributed by atoms with Crippen molar-refractivity contribution in [2.75, 3.05) is 6.54 Å². The molecule has 1 aromatic heterocycles. The molecule has 0 fully saturated rings. The van der Waals surface area contributed by atoms with E-state index in [-0.39, 0.29) is 0 Å². The highest BCUT2D eigenvalue weighted by atomic mass is 35.5. The van der Waals surface area contributed by atoms with Crippen molar-refractivity contribution in [2.45, 2.75) is 27.3 Å². The number of nitrogens with one attached hydrogen (secondary N) is 1. The summed E-state index contributed by atoms with van der Waals surface area (Å²) in [5.74, 6) is 1.19. The SMILES string of the molecule is Cc1ccc(Cl)c(Oc2ncc(CNCC(C)C)cn2)c1. The first-order chi connectivity index (χ1) is 10.0. The summed E-state index contributed by atoms with van der Waals surface area (Å²) in [5.41, 5.74) is 2.10. The quantitative estimate of drug-likeness (QED) is 0.877. The summed E-state index contributed by atoms with van der Waals surface area (Å²) < 4.78 is 5.61. The highest BCUT2D eigenvalue weighted by Crippen LogP contribution is 2.28. The minimum atomic E-state index is 0.301. The number of halogens is 1. The van der Waals surface area contributed by atoms with Crippen molar-refractivity contribution in [1.82, 2.24) is 15.3 Å². The van der Waals surface area contributed by atoms with Gasteiger partial charge in [0.15, 0.2) is 0 Å². The van der Waals surface area contributed by atoms with Crippen molar-refractivity contribution in [1.29, 1.82) is 0 Å². The van der Waals surface area contributed by atoms with E-state index < -0.39 is 0 Å². The first kappa shape index (κ1) is 15.7. The standard InChI is InChI=1S/C16H20ClN3O/c1-11(2)7-18-8-13-9-19-16(20-10-13)21-15-6-12(3)4-5-14(15)17/h4-6,9-11,18H,7-8H2,1-3H3. The van der Waals surface area contributed by atoms with Crippen LogP contribution in [0, 0.1) is 12.8 Å². The maximum atomic E-state index is 6.08. The van der Waals surface area contributed by atoms with Crippen molar-refractivity contribution in [3.05, 3.63) is 46.7 Å². The van der Waals surface area contributed by atoms with E-state index in [0.29, 0.717) is 22.7 Å². The van der Waals surface area contributed by atoms with Crippen LogP contribution >= 0.6 is 11.6 Å². The molecular weight excluding hydrogens is 286 g/mol. The summed E-state index contributed by atoms with van der Waals surface area (Å²) in [6.45, 7) is 8.05. The van der Waals surface area contributed by atoms with Gasteiger partial charge in [0.2, 0.25) is 0 Å². The summed E-state index contributed by atoms with van der Waals surface area (Å²) >= 11 is 6.08. The molecule has 112 valence electrons. The molecule has 0 atom stereocenters. The Balaban J connectivity index is 1.97. The molecule has 4 nitrogen and oxygen atoms in total. The molecule has 0 bridgehead atoms. The van der Waals surface area contributed by atoms with Crippen LogP contribution in [0.25, 0.3) is 0 Å². The number of benzene rings is 1. The molecule has 1 heterocycles. The van der Waals surface area contributed by atoms with Gasteiger partial charge in [-0.15, -0.1) is 0 Å². The fourth-order valence-electron chi connectivity index (χ4n) is 1.78. The molecule has 0 amide bonds. The van der Waals surface area contributed by atoms with Gasteiger partial charge in [-0.2, -0.15) is 0 Å². The molecule has 0 spiro atoms. The lowest BCUT2D eigenvalue weighted by Gasteiger charge is -2.08. The van der Waals surface area contributed by atoms with E-state index in [1.807, 2.05) is 19.1 Å². The van der Waals surface area contributed by atoms with Crippen LogP contribution in [0.15, 0.2) is 30.6 Å². The lowest BCUT2D eigenvalue weighted by atomic mass is 10.2. The number of nitrogens with zero attached hydrogens (tertiary/aromatic N) is 2. The summed E-state index contributed by atoms with van der Waals surface area (Å²) in [4.78, 5) is 8.42. The van der Waals surface area contributed by atoms with Gasteiger partial charge >= 0.3 is 6.01 Å². The Hall–Kier alpha value is -1.65. The minimum absolute atomic E-state index is 0.301. The van der Waals surface area contributed by atoms with Gasteiger partial charge in [-0.1, -0.05) is 31.5 Å². The second-order valence-electron chi connectivity index (χ2n) is 5.43. The van der Waals surface area contributed by atoms with Crippen molar-refractivity contribution in [3.8, 4) is 11.8 Å². The van der Waals surface area contributed by atoms with Gasteiger partial charge in [0, 0.05) is 24.5 Å². The Labute approximate surface area is 130 Å². The molecule has 0 saturated carbocycles. The molecule has 0 unspecified atom stereocenters. The molecule has 0 radical (unpaired) electrons. The monoisotopic (exact) mass is 305 g/mol. The van der Waals surface area contributed by atoms with Crippen LogP contribution in [0.5, 0.6) is 11.8 Å². The summed E-state index contributed by atoms with van der Waals surface area (Å²) in [7, 11) is 0. The highest BCUT2D eigenvalue weighted by Gasteiger charge is 2.06. The van der Waals surface area contributed by atoms with E-state index in [0.717, 1.165) is 24.2 Å². The number of rotatable bonds is 6. The van der Waals surface area contributed by atoms with Crippen molar-refractivity contribution >= 4 is 11.6 Å². The Kier molecular flexibility index (Phi) is 5.53. The number of hydrogen-bond acceptors (Lipinski definition) is 4. The number of aromatic nitrogens is 2. The smallest absolute Gasteiger partial charge is 0.321 e. The second-order valence-corrected chi connectivity index (χ2v) is 5.84. The lowest BCUT2D eigenvalue weighted by molar-refractivity contribution is 0.440. The highest BCUT2D eigenvalue weighted by molar-refractivity contribution is 6.32. The zero-order chi connectivity index (χ0) is 15.2. The van der Waals surface area contributed by atoms with Gasteiger partial charge in [-0.25, -0.2) is 9.97 Å². The Morgan fingerprint density at radius 2 is 1.95 bits per heavy atom. The van der Waals surface area contributed by atoms with Gasteiger partial charge in [-0.3, -0.25) is 0 Å². The van der Waals surface area contributed by atoms with Crippen LogP contribution in [-0.4, -0.2) is 16.5 Å². The van der Waals surface area contributed by atoms with Crippen molar-refractivity contribution in [2.24, 2.45) is 5.92 Å². The van der Waals surface area contributed by atoms with Gasteiger partial charge in [0.25, 0.3) is 0 Å². The van der Waals surface area contributed by atoms with E-state index >= 15 is 0 Å². The summed E-state index contributed by atoms with van der Waals surface area (Å²) in [6.07, 6.45) is 3.53. The van der Waals surface area contributed by atoms with E-state index in [2.05, 4.69) is 29.1 Å². The second kappa shape index (κ2) is 7.38. The molecule has 2 aromatic rings. The summed E-state index contributed by atoms with van der Waals surface area (Å²) in [6, 6.07) is 5.90. The zero-order valence-corrected chi connectivity index (χ0v) is 13.3. The molecule has 2 rings (SSSR count). The zero-order valence-electron chi connectivity index (χ0n) is 12.6. The summed E-state index contributed by atoms with van der Waals surface area (Å²) in [5, 5.41) is 3.89. The normalized spacial score (nSPS) is 10.9. The molecule has 5 heteroatoms. The number of ether oxygens (including phenoxy) is 1. The van der Waals surface area contributed by atoms with Crippen LogP contribution in [-0.2, 0) is 6.54 Å². The van der Waals surface area contributed by atoms with Crippen LogP contribution in [0.1, 0.15) is 25.0 Å². The molecular formula is C16H20ClN3O. The maximum Gasteiger partial charge on any atom is 0.321 e. The van der Waals surface area contributed by atoms with Gasteiger partial charge in [0.05, 0.1) is 5.02 Å². The lowest BCUT2D eigenvalue weighted by Crippen LogP contribution is -2.19. The maximum absolute atomic E-state index is 6.08. The number of hydrogen-bond donors (Lipinski definition) is 1. The van der Waals surface area contributed by atoms with Crippen LogP contribution in [0.3, 0.4) is 0 Å². The Morgan fingerprint density at radius 3 is 2.62 bits per heavy atom. The fraction of sp³-hybridized carbons (Fsp3) is 0.375. The van der Waals surface area contributed by atoms with Crippen LogP contribution in [0.4, 0.5) is 0 Å². The topological polar surface area (TPSA) is 47.0 Å². The van der Waals surface area contributed by atoms with Crippen LogP contribution < -0.4 is 10.1 Å². The Morgan fingerprint density at radius 1 is 1.24 bits per heavy atom. The predicted molar refractivity (Wildman–Crippen MR) is 84.8 cm³/mol. The first-order valence-electron chi connectivity index (χ1n) is 7.00. The van der Waals surface area contributed by atoms with E-state index in [9.17, 15) is 0 Å². The molecule has 0 saturated heterocycles. The molecule has 1 N–H and O–H groups in total. The molecule has 1 aromatic carbocycles. The Bertz CT molecular complexity index is 585. The van der Waals surface area contributed by atoms with Crippen LogP contribution in [0.2, 0.25) is 5.02 Å². The molecule has 0 aliphatic heterocycles. The van der Waals surface area contributed by atoms with Gasteiger partial charge in [0.1, 0.15) is 5.75 Å². The predicted octanol–water partition coefficient (Wildman–Crippen LogP) is 3.98. The third-order valence-electron chi connectivity index (χ3n) is 2.85. The minimum Gasteiger partial charge on any atom is -0.423 e. The van der Waals surface area contributed by atoms with Gasteiger partial charge in [-0.05, 0) is 37.1 Å². The average molecular weight is 306 g/mol. The van der Waals surface area contributed by atoms with E-state index in [4.69, 9.17) is 16.3 Å². The molecule has 21 heavy (non-hydrogen) atoms.